The highest BCUT2D eigenvalue weighted by Crippen LogP contribution is 2.11. The molecule has 0 atom stereocenters. The molecule has 2 rings (SSSR count). The zero-order chi connectivity index (χ0) is 15.5. The number of thioether (sulfide) groups is 1. The van der Waals surface area contributed by atoms with Crippen LogP contribution in [0.1, 0.15) is 37.7 Å². The molecule has 3 nitrogen and oxygen atoms in total. The standard InChI is InChI=1S/C18H28N2OS/c21-18(16-22-15-17-9-4-3-5-10-17)19-11-8-14-20-12-6-1-2-7-13-20/h3-5,9-10H,1-2,6-8,11-16H2,(H,19,21). The van der Waals surface area contributed by atoms with Gasteiger partial charge in [-0.15, -0.1) is 11.8 Å². The van der Waals surface area contributed by atoms with E-state index in [0.717, 1.165) is 25.3 Å². The van der Waals surface area contributed by atoms with Crippen LogP contribution in [0.3, 0.4) is 0 Å². The van der Waals surface area contributed by atoms with Crippen LogP contribution in [-0.4, -0.2) is 42.7 Å². The van der Waals surface area contributed by atoms with Crippen molar-refractivity contribution in [2.75, 3.05) is 31.9 Å². The van der Waals surface area contributed by atoms with Crippen LogP contribution in [0.5, 0.6) is 0 Å². The Morgan fingerprint density at radius 3 is 2.55 bits per heavy atom. The van der Waals surface area contributed by atoms with Crippen molar-refractivity contribution in [2.45, 2.75) is 37.9 Å². The predicted molar refractivity (Wildman–Crippen MR) is 95.1 cm³/mol. The normalized spacial score (nSPS) is 16.2. The molecular weight excluding hydrogens is 292 g/mol. The Labute approximate surface area is 138 Å². The number of hydrogen-bond donors (Lipinski definition) is 1. The van der Waals surface area contributed by atoms with Gasteiger partial charge in [-0.2, -0.15) is 0 Å². The lowest BCUT2D eigenvalue weighted by Gasteiger charge is -2.19. The first-order valence-corrected chi connectivity index (χ1v) is 9.61. The summed E-state index contributed by atoms with van der Waals surface area (Å²) in [7, 11) is 0. The first-order chi connectivity index (χ1) is 10.8. The summed E-state index contributed by atoms with van der Waals surface area (Å²) in [4.78, 5) is 14.3. The molecule has 1 amide bonds. The first-order valence-electron chi connectivity index (χ1n) is 8.45. The van der Waals surface area contributed by atoms with E-state index in [2.05, 4.69) is 22.3 Å². The van der Waals surface area contributed by atoms with Crippen molar-refractivity contribution < 1.29 is 4.79 Å². The van der Waals surface area contributed by atoms with Gasteiger partial charge in [0.2, 0.25) is 5.91 Å². The van der Waals surface area contributed by atoms with Gasteiger partial charge in [-0.25, -0.2) is 0 Å². The fraction of sp³-hybridized carbons (Fsp3) is 0.611. The molecular formula is C18H28N2OS. The van der Waals surface area contributed by atoms with Crippen LogP contribution in [-0.2, 0) is 10.5 Å². The maximum Gasteiger partial charge on any atom is 0.230 e. The molecule has 0 spiro atoms. The van der Waals surface area contributed by atoms with Crippen molar-refractivity contribution in [3.05, 3.63) is 35.9 Å². The molecule has 1 heterocycles. The van der Waals surface area contributed by atoms with Gasteiger partial charge in [0.05, 0.1) is 5.75 Å². The van der Waals surface area contributed by atoms with Gasteiger partial charge in [-0.3, -0.25) is 4.79 Å². The highest BCUT2D eigenvalue weighted by atomic mass is 32.2. The van der Waals surface area contributed by atoms with E-state index in [-0.39, 0.29) is 5.91 Å². The van der Waals surface area contributed by atoms with E-state index >= 15 is 0 Å². The van der Waals surface area contributed by atoms with Crippen LogP contribution in [0.4, 0.5) is 0 Å². The molecule has 1 saturated heterocycles. The molecule has 0 saturated carbocycles. The smallest absolute Gasteiger partial charge is 0.230 e. The largest absolute Gasteiger partial charge is 0.355 e. The third kappa shape index (κ3) is 7.32. The van der Waals surface area contributed by atoms with E-state index in [4.69, 9.17) is 0 Å². The van der Waals surface area contributed by atoms with Crippen molar-refractivity contribution in [1.82, 2.24) is 10.2 Å². The van der Waals surface area contributed by atoms with Gasteiger partial charge < -0.3 is 10.2 Å². The minimum absolute atomic E-state index is 0.164. The van der Waals surface area contributed by atoms with Crippen LogP contribution in [0.2, 0.25) is 0 Å². The summed E-state index contributed by atoms with van der Waals surface area (Å²) in [6.45, 7) is 4.40. The quantitative estimate of drug-likeness (QED) is 0.746. The number of carbonyl (C=O) groups is 1. The van der Waals surface area contributed by atoms with Crippen LogP contribution >= 0.6 is 11.8 Å². The van der Waals surface area contributed by atoms with E-state index in [1.165, 1.54) is 44.3 Å². The highest BCUT2D eigenvalue weighted by molar-refractivity contribution is 7.99. The monoisotopic (exact) mass is 320 g/mol. The molecule has 0 unspecified atom stereocenters. The molecule has 122 valence electrons. The van der Waals surface area contributed by atoms with E-state index in [1.54, 1.807) is 11.8 Å². The second-order valence-electron chi connectivity index (χ2n) is 5.94. The lowest BCUT2D eigenvalue weighted by atomic mass is 10.2. The van der Waals surface area contributed by atoms with E-state index in [1.807, 2.05) is 18.2 Å². The Morgan fingerprint density at radius 1 is 1.09 bits per heavy atom. The number of likely N-dealkylation sites (tertiary alicyclic amines) is 1. The lowest BCUT2D eigenvalue weighted by Crippen LogP contribution is -2.31. The Hall–Kier alpha value is -1.00. The zero-order valence-corrected chi connectivity index (χ0v) is 14.2. The number of nitrogens with one attached hydrogen (secondary N) is 1. The maximum absolute atomic E-state index is 11.8. The number of benzene rings is 1. The molecule has 1 N–H and O–H groups in total. The van der Waals surface area contributed by atoms with Gasteiger partial charge in [-0.05, 0) is 44.5 Å². The highest BCUT2D eigenvalue weighted by Gasteiger charge is 2.08. The molecule has 22 heavy (non-hydrogen) atoms. The molecule has 4 heteroatoms. The summed E-state index contributed by atoms with van der Waals surface area (Å²) >= 11 is 1.68. The Balaban J connectivity index is 1.48. The molecule has 1 aromatic carbocycles. The maximum atomic E-state index is 11.8. The summed E-state index contributed by atoms with van der Waals surface area (Å²) in [6.07, 6.45) is 6.50. The molecule has 0 aromatic heterocycles. The molecule has 0 aliphatic carbocycles. The van der Waals surface area contributed by atoms with Gasteiger partial charge in [0, 0.05) is 12.3 Å². The third-order valence-electron chi connectivity index (χ3n) is 4.02. The Bertz CT molecular complexity index is 416. The van der Waals surface area contributed by atoms with Crippen molar-refractivity contribution in [3.8, 4) is 0 Å². The van der Waals surface area contributed by atoms with Gasteiger partial charge in [0.1, 0.15) is 0 Å². The summed E-state index contributed by atoms with van der Waals surface area (Å²) in [5.74, 6) is 1.62. The summed E-state index contributed by atoms with van der Waals surface area (Å²) in [6, 6.07) is 10.3. The van der Waals surface area contributed by atoms with Crippen LogP contribution in [0, 0.1) is 0 Å². The van der Waals surface area contributed by atoms with Crippen molar-refractivity contribution in [2.24, 2.45) is 0 Å². The first kappa shape index (κ1) is 17.4. The molecule has 1 aliphatic heterocycles. The Morgan fingerprint density at radius 2 is 1.82 bits per heavy atom. The minimum Gasteiger partial charge on any atom is -0.355 e. The number of hydrogen-bond acceptors (Lipinski definition) is 3. The Kier molecular flexibility index (Phi) is 8.43. The third-order valence-corrected chi connectivity index (χ3v) is 5.02. The number of rotatable bonds is 8. The van der Waals surface area contributed by atoms with Crippen LogP contribution in [0.25, 0.3) is 0 Å². The van der Waals surface area contributed by atoms with Crippen LogP contribution < -0.4 is 5.32 Å². The van der Waals surface area contributed by atoms with Crippen LogP contribution in [0.15, 0.2) is 30.3 Å². The second kappa shape index (κ2) is 10.7. The zero-order valence-electron chi connectivity index (χ0n) is 13.4. The van der Waals surface area contributed by atoms with Gasteiger partial charge in [0.25, 0.3) is 0 Å². The van der Waals surface area contributed by atoms with E-state index in [0.29, 0.717) is 5.75 Å². The van der Waals surface area contributed by atoms with Crippen molar-refractivity contribution >= 4 is 17.7 Å². The lowest BCUT2D eigenvalue weighted by molar-refractivity contribution is -0.118. The van der Waals surface area contributed by atoms with E-state index in [9.17, 15) is 4.79 Å². The molecule has 0 radical (unpaired) electrons. The minimum atomic E-state index is 0.164. The fourth-order valence-corrected chi connectivity index (χ4v) is 3.59. The van der Waals surface area contributed by atoms with Gasteiger partial charge in [0.15, 0.2) is 0 Å². The number of nitrogens with zero attached hydrogens (tertiary/aromatic N) is 1. The molecule has 1 aliphatic rings. The van der Waals surface area contributed by atoms with Crippen molar-refractivity contribution in [1.29, 1.82) is 0 Å². The predicted octanol–water partition coefficient (Wildman–Crippen LogP) is 3.30. The van der Waals surface area contributed by atoms with Gasteiger partial charge >= 0.3 is 0 Å². The SMILES string of the molecule is O=C(CSCc1ccccc1)NCCCN1CCCCCC1. The van der Waals surface area contributed by atoms with E-state index < -0.39 is 0 Å². The number of amides is 1. The summed E-state index contributed by atoms with van der Waals surface area (Å²) in [5.41, 5.74) is 1.28. The molecule has 1 aromatic rings. The average molecular weight is 321 g/mol. The second-order valence-corrected chi connectivity index (χ2v) is 6.92. The fourth-order valence-electron chi connectivity index (χ4n) is 2.78. The van der Waals surface area contributed by atoms with Gasteiger partial charge in [-0.1, -0.05) is 43.2 Å². The molecule has 0 bridgehead atoms. The summed E-state index contributed by atoms with van der Waals surface area (Å²) < 4.78 is 0. The average Bonchev–Trinajstić information content (AvgIpc) is 2.81. The van der Waals surface area contributed by atoms with Crippen molar-refractivity contribution in [3.63, 3.8) is 0 Å². The number of carbonyl (C=O) groups excluding carboxylic acids is 1. The molecule has 1 fully saturated rings. The summed E-state index contributed by atoms with van der Waals surface area (Å²) in [5, 5.41) is 3.04. The topological polar surface area (TPSA) is 32.3 Å².